The Balaban J connectivity index is 2.14. The van der Waals surface area contributed by atoms with Crippen molar-refractivity contribution in [1.29, 1.82) is 0 Å². The highest BCUT2D eigenvalue weighted by Crippen LogP contribution is 2.27. The lowest BCUT2D eigenvalue weighted by atomic mass is 10.0. The van der Waals surface area contributed by atoms with Crippen LogP contribution in [0.1, 0.15) is 24.2 Å². The Morgan fingerprint density at radius 2 is 1.91 bits per heavy atom. The quantitative estimate of drug-likeness (QED) is 0.760. The van der Waals surface area contributed by atoms with Crippen molar-refractivity contribution in [1.82, 2.24) is 4.98 Å². The fraction of sp³-hybridized carbons (Fsp3) is 0.167. The first kappa shape index (κ1) is 15.6. The van der Waals surface area contributed by atoms with E-state index in [1.165, 1.54) is 0 Å². The molecule has 0 spiro atoms. The molecule has 1 aromatic heterocycles. The van der Waals surface area contributed by atoms with Gasteiger partial charge in [0.05, 0.1) is 5.56 Å². The summed E-state index contributed by atoms with van der Waals surface area (Å²) in [4.78, 5) is 15.3. The number of pyridine rings is 1. The number of nitrogens with one attached hydrogen (secondary N) is 1. The van der Waals surface area contributed by atoms with Crippen molar-refractivity contribution in [2.75, 3.05) is 6.61 Å². The maximum atomic E-state index is 12.5. The number of halogens is 1. The Labute approximate surface area is 138 Å². The summed E-state index contributed by atoms with van der Waals surface area (Å²) in [5.74, 6) is 0.172. The molecule has 23 heavy (non-hydrogen) atoms. The zero-order chi connectivity index (χ0) is 16.4. The van der Waals surface area contributed by atoms with E-state index in [2.05, 4.69) is 4.98 Å². The number of benzene rings is 2. The topological polar surface area (TPSA) is 62.3 Å². The molecule has 118 valence electrons. The van der Waals surface area contributed by atoms with Crippen molar-refractivity contribution in [2.24, 2.45) is 0 Å². The number of H-pyrrole nitrogens is 1. The first-order valence-electron chi connectivity index (χ1n) is 7.31. The maximum Gasteiger partial charge on any atom is 0.254 e. The number of phenols is 1. The van der Waals surface area contributed by atoms with Crippen molar-refractivity contribution < 1.29 is 9.84 Å². The fourth-order valence-electron chi connectivity index (χ4n) is 2.57. The molecule has 3 aromatic rings. The van der Waals surface area contributed by atoms with Gasteiger partial charge in [0.2, 0.25) is 0 Å². The van der Waals surface area contributed by atoms with E-state index in [1.54, 1.807) is 36.4 Å². The van der Waals surface area contributed by atoms with Crippen molar-refractivity contribution >= 4 is 22.5 Å². The minimum atomic E-state index is -0.496. The molecule has 0 aliphatic rings. The van der Waals surface area contributed by atoms with Crippen LogP contribution < -0.4 is 5.56 Å². The van der Waals surface area contributed by atoms with Gasteiger partial charge in [0, 0.05) is 17.1 Å². The van der Waals surface area contributed by atoms with E-state index in [0.717, 1.165) is 10.9 Å². The summed E-state index contributed by atoms with van der Waals surface area (Å²) >= 11 is 5.96. The standard InChI is InChI=1S/C18H16ClNO3/c1-2-23-17(11-4-7-14(21)8-5-11)15-9-12-3-6-13(19)10-16(12)20-18(15)22/h3-10,17,21H,2H2,1H3,(H,20,22). The van der Waals surface area contributed by atoms with Gasteiger partial charge in [-0.1, -0.05) is 29.8 Å². The summed E-state index contributed by atoms with van der Waals surface area (Å²) in [6.45, 7) is 2.34. The Morgan fingerprint density at radius 3 is 2.61 bits per heavy atom. The number of aromatic amines is 1. The number of phenolic OH excluding ortho intramolecular Hbond substituents is 1. The van der Waals surface area contributed by atoms with Crippen molar-refractivity contribution in [2.45, 2.75) is 13.0 Å². The molecular weight excluding hydrogens is 314 g/mol. The zero-order valence-corrected chi connectivity index (χ0v) is 13.3. The second-order valence-electron chi connectivity index (χ2n) is 5.21. The van der Waals surface area contributed by atoms with E-state index < -0.39 is 6.10 Å². The number of aromatic nitrogens is 1. The second-order valence-corrected chi connectivity index (χ2v) is 5.65. The average Bonchev–Trinajstić information content (AvgIpc) is 2.53. The summed E-state index contributed by atoms with van der Waals surface area (Å²) < 4.78 is 5.78. The molecule has 3 rings (SSSR count). The summed E-state index contributed by atoms with van der Waals surface area (Å²) in [7, 11) is 0. The Kier molecular flexibility index (Phi) is 4.37. The maximum absolute atomic E-state index is 12.5. The monoisotopic (exact) mass is 329 g/mol. The minimum Gasteiger partial charge on any atom is -0.508 e. The summed E-state index contributed by atoms with van der Waals surface area (Å²) in [5, 5.41) is 10.9. The van der Waals surface area contributed by atoms with Crippen LogP contribution in [-0.4, -0.2) is 16.7 Å². The van der Waals surface area contributed by atoms with Gasteiger partial charge in [-0.15, -0.1) is 0 Å². The molecule has 1 heterocycles. The largest absolute Gasteiger partial charge is 0.508 e. The lowest BCUT2D eigenvalue weighted by Gasteiger charge is -2.18. The molecule has 2 aromatic carbocycles. The first-order chi connectivity index (χ1) is 11.1. The third-order valence-electron chi connectivity index (χ3n) is 3.65. The van der Waals surface area contributed by atoms with Gasteiger partial charge < -0.3 is 14.8 Å². The third-order valence-corrected chi connectivity index (χ3v) is 3.88. The smallest absolute Gasteiger partial charge is 0.254 e. The summed E-state index contributed by atoms with van der Waals surface area (Å²) in [6.07, 6.45) is -0.496. The van der Waals surface area contributed by atoms with Gasteiger partial charge in [-0.25, -0.2) is 0 Å². The molecule has 0 radical (unpaired) electrons. The molecule has 0 saturated heterocycles. The number of ether oxygens (including phenoxy) is 1. The van der Waals surface area contributed by atoms with Crippen molar-refractivity contribution in [3.8, 4) is 5.75 Å². The molecule has 0 aliphatic carbocycles. The molecule has 1 unspecified atom stereocenters. The van der Waals surface area contributed by atoms with Crippen LogP contribution in [0, 0.1) is 0 Å². The highest BCUT2D eigenvalue weighted by Gasteiger charge is 2.18. The van der Waals surface area contributed by atoms with Crippen LogP contribution in [0.25, 0.3) is 10.9 Å². The predicted molar refractivity (Wildman–Crippen MR) is 91.2 cm³/mol. The van der Waals surface area contributed by atoms with Crippen LogP contribution in [-0.2, 0) is 4.74 Å². The van der Waals surface area contributed by atoms with Gasteiger partial charge in [-0.3, -0.25) is 4.79 Å². The van der Waals surface area contributed by atoms with Crippen LogP contribution in [0.15, 0.2) is 53.3 Å². The molecule has 0 saturated carbocycles. The zero-order valence-electron chi connectivity index (χ0n) is 12.5. The second kappa shape index (κ2) is 6.44. The normalized spacial score (nSPS) is 12.4. The van der Waals surface area contributed by atoms with Gasteiger partial charge in [0.15, 0.2) is 0 Å². The lowest BCUT2D eigenvalue weighted by Crippen LogP contribution is -2.19. The minimum absolute atomic E-state index is 0.172. The molecule has 0 amide bonds. The molecule has 0 fully saturated rings. The average molecular weight is 330 g/mol. The number of aromatic hydroxyl groups is 1. The molecule has 0 bridgehead atoms. The Hall–Kier alpha value is -2.30. The Morgan fingerprint density at radius 1 is 1.17 bits per heavy atom. The third kappa shape index (κ3) is 3.23. The molecule has 2 N–H and O–H groups in total. The van der Waals surface area contributed by atoms with Gasteiger partial charge in [0.25, 0.3) is 5.56 Å². The SMILES string of the molecule is CCOC(c1ccc(O)cc1)c1cc2ccc(Cl)cc2[nH]c1=O. The molecule has 5 heteroatoms. The molecule has 1 atom stereocenters. The number of rotatable bonds is 4. The number of hydrogen-bond donors (Lipinski definition) is 2. The van der Waals surface area contributed by atoms with Crippen LogP contribution in [0.5, 0.6) is 5.75 Å². The molecular formula is C18H16ClNO3. The van der Waals surface area contributed by atoms with Crippen LogP contribution >= 0.6 is 11.6 Å². The van der Waals surface area contributed by atoms with Crippen molar-refractivity contribution in [3.63, 3.8) is 0 Å². The van der Waals surface area contributed by atoms with E-state index >= 15 is 0 Å². The first-order valence-corrected chi connectivity index (χ1v) is 7.69. The van der Waals surface area contributed by atoms with Crippen LogP contribution in [0.2, 0.25) is 5.02 Å². The number of fused-ring (bicyclic) bond motifs is 1. The van der Waals surface area contributed by atoms with E-state index in [4.69, 9.17) is 16.3 Å². The van der Waals surface area contributed by atoms with Crippen LogP contribution in [0.3, 0.4) is 0 Å². The summed E-state index contributed by atoms with van der Waals surface area (Å²) in [6, 6.07) is 13.8. The Bertz CT molecular complexity index is 887. The van der Waals surface area contributed by atoms with Crippen molar-refractivity contribution in [3.05, 3.63) is 75.0 Å². The van der Waals surface area contributed by atoms with E-state index in [-0.39, 0.29) is 11.3 Å². The highest BCUT2D eigenvalue weighted by molar-refractivity contribution is 6.31. The van der Waals surface area contributed by atoms with E-state index in [9.17, 15) is 9.90 Å². The lowest BCUT2D eigenvalue weighted by molar-refractivity contribution is 0.0904. The van der Waals surface area contributed by atoms with Crippen LogP contribution in [0.4, 0.5) is 0 Å². The van der Waals surface area contributed by atoms with E-state index in [0.29, 0.717) is 22.7 Å². The molecule has 0 aliphatic heterocycles. The summed E-state index contributed by atoms with van der Waals surface area (Å²) in [5.41, 5.74) is 1.80. The fourth-order valence-corrected chi connectivity index (χ4v) is 2.74. The van der Waals surface area contributed by atoms with Gasteiger partial charge in [0.1, 0.15) is 11.9 Å². The van der Waals surface area contributed by atoms with Gasteiger partial charge >= 0.3 is 0 Å². The van der Waals surface area contributed by atoms with E-state index in [1.807, 2.05) is 19.1 Å². The van der Waals surface area contributed by atoms with Gasteiger partial charge in [-0.2, -0.15) is 0 Å². The molecule has 4 nitrogen and oxygen atoms in total. The highest BCUT2D eigenvalue weighted by atomic mass is 35.5. The predicted octanol–water partition coefficient (Wildman–Crippen LogP) is 4.01. The van der Waals surface area contributed by atoms with Gasteiger partial charge in [-0.05, 0) is 48.2 Å². The number of hydrogen-bond acceptors (Lipinski definition) is 3.